The zero-order valence-corrected chi connectivity index (χ0v) is 67.6. The minimum absolute atomic E-state index is 0.106. The van der Waals surface area contributed by atoms with E-state index in [4.69, 9.17) is 37.0 Å². The number of ether oxygens (including phenoxy) is 4. The minimum atomic E-state index is -4.96. The van der Waals surface area contributed by atoms with E-state index >= 15 is 0 Å². The number of aliphatic hydroxyl groups excluding tert-OH is 1. The second-order valence-electron chi connectivity index (χ2n) is 30.8. The molecule has 0 aromatic heterocycles. The van der Waals surface area contributed by atoms with Crippen molar-refractivity contribution in [2.45, 2.75) is 433 Å². The van der Waals surface area contributed by atoms with E-state index < -0.39 is 97.5 Å². The first-order valence-corrected chi connectivity index (χ1v) is 44.7. The van der Waals surface area contributed by atoms with E-state index in [2.05, 4.69) is 55.4 Å². The highest BCUT2D eigenvalue weighted by Gasteiger charge is 2.30. The van der Waals surface area contributed by atoms with Crippen LogP contribution in [-0.4, -0.2) is 96.7 Å². The zero-order valence-electron chi connectivity index (χ0n) is 65.8. The Morgan fingerprint density at radius 3 is 0.710 bits per heavy atom. The Bertz CT molecular complexity index is 1960. The van der Waals surface area contributed by atoms with Crippen molar-refractivity contribution in [1.82, 2.24) is 0 Å². The summed E-state index contributed by atoms with van der Waals surface area (Å²) in [4.78, 5) is 73.0. The summed E-state index contributed by atoms with van der Waals surface area (Å²) in [5.74, 6) is 1.01. The van der Waals surface area contributed by atoms with Gasteiger partial charge in [0.1, 0.15) is 19.3 Å². The van der Waals surface area contributed by atoms with Crippen molar-refractivity contribution in [3.8, 4) is 0 Å². The van der Waals surface area contributed by atoms with E-state index in [1.165, 1.54) is 212 Å². The van der Waals surface area contributed by atoms with Gasteiger partial charge in [-0.3, -0.25) is 37.3 Å². The van der Waals surface area contributed by atoms with Crippen LogP contribution in [0, 0.1) is 23.7 Å². The minimum Gasteiger partial charge on any atom is -0.462 e. The molecule has 0 aliphatic carbocycles. The van der Waals surface area contributed by atoms with Gasteiger partial charge in [0.15, 0.2) is 12.2 Å². The molecule has 0 aliphatic heterocycles. The van der Waals surface area contributed by atoms with Crippen molar-refractivity contribution in [2.24, 2.45) is 23.7 Å². The van der Waals surface area contributed by atoms with Crippen molar-refractivity contribution in [1.29, 1.82) is 0 Å². The predicted octanol–water partition coefficient (Wildman–Crippen LogP) is 24.0. The summed E-state index contributed by atoms with van der Waals surface area (Å²) >= 11 is 0. The normalized spacial score (nSPS) is 14.3. The molecule has 17 nitrogen and oxygen atoms in total. The summed E-state index contributed by atoms with van der Waals surface area (Å²) in [6.07, 6.45) is 56.9. The van der Waals surface area contributed by atoms with Crippen molar-refractivity contribution >= 4 is 39.5 Å². The molecule has 0 fully saturated rings. The van der Waals surface area contributed by atoms with Crippen LogP contribution in [0.2, 0.25) is 0 Å². The van der Waals surface area contributed by atoms with Gasteiger partial charge in [-0.05, 0) is 49.4 Å². The standard InChI is InChI=1S/C81H158O17P2/c1-9-74(8)60-52-44-36-28-22-15-11-13-17-24-30-38-47-55-63-80(85)97-76(67-91-78(83)61-53-45-37-29-23-16-12-10-14-20-26-33-41-49-57-71(2)3)69-95-99(87,88)93-65-75(82)66-94-100(89,90)96-70-77(68-92-79(84)62-54-46-40-32-35-43-51-59-73(6)7)98-81(86)64-56-48-39-31-25-19-18-21-27-34-42-50-58-72(4)5/h71-77,82H,9-70H2,1-8H3,(H,87,88)(H,89,90)/t74?,75?,76-,77-/m1/s1. The summed E-state index contributed by atoms with van der Waals surface area (Å²) in [5, 5.41) is 10.6. The second-order valence-corrected chi connectivity index (χ2v) is 33.7. The summed E-state index contributed by atoms with van der Waals surface area (Å²) in [6, 6.07) is 0. The fourth-order valence-corrected chi connectivity index (χ4v) is 14.0. The summed E-state index contributed by atoms with van der Waals surface area (Å²) in [5.41, 5.74) is 0. The predicted molar refractivity (Wildman–Crippen MR) is 409 cm³/mol. The highest BCUT2D eigenvalue weighted by atomic mass is 31.2. The number of carbonyl (C=O) groups excluding carboxylic acids is 4. The third-order valence-corrected chi connectivity index (χ3v) is 21.1. The highest BCUT2D eigenvalue weighted by Crippen LogP contribution is 2.45. The molecule has 0 saturated heterocycles. The molecule has 19 heteroatoms. The van der Waals surface area contributed by atoms with Crippen molar-refractivity contribution in [3.63, 3.8) is 0 Å². The number of phosphoric acid groups is 2. The van der Waals surface area contributed by atoms with Crippen LogP contribution in [0.3, 0.4) is 0 Å². The monoisotopic (exact) mass is 1470 g/mol. The van der Waals surface area contributed by atoms with Crippen molar-refractivity contribution in [3.05, 3.63) is 0 Å². The maximum atomic E-state index is 13.1. The molecule has 0 bridgehead atoms. The Labute approximate surface area is 613 Å². The average Bonchev–Trinajstić information content (AvgIpc) is 0.916. The molecular formula is C81H158O17P2. The molecule has 0 spiro atoms. The molecule has 0 amide bonds. The second kappa shape index (κ2) is 70.1. The Kier molecular flexibility index (Phi) is 68.7. The molecule has 594 valence electrons. The van der Waals surface area contributed by atoms with Crippen molar-refractivity contribution in [2.75, 3.05) is 39.6 Å². The van der Waals surface area contributed by atoms with Gasteiger partial charge in [-0.15, -0.1) is 0 Å². The zero-order chi connectivity index (χ0) is 73.8. The number of carbonyl (C=O) groups is 4. The van der Waals surface area contributed by atoms with E-state index in [-0.39, 0.29) is 25.7 Å². The van der Waals surface area contributed by atoms with Gasteiger partial charge in [-0.25, -0.2) is 9.13 Å². The van der Waals surface area contributed by atoms with Gasteiger partial charge < -0.3 is 33.8 Å². The van der Waals surface area contributed by atoms with E-state index in [9.17, 15) is 43.2 Å². The molecule has 0 rings (SSSR count). The third-order valence-electron chi connectivity index (χ3n) is 19.2. The largest absolute Gasteiger partial charge is 0.472 e. The summed E-state index contributed by atoms with van der Waals surface area (Å²) < 4.78 is 68.7. The quantitative estimate of drug-likeness (QED) is 0.0222. The Balaban J connectivity index is 5.25. The molecule has 0 heterocycles. The number of hydrogen-bond acceptors (Lipinski definition) is 15. The van der Waals surface area contributed by atoms with Crippen molar-refractivity contribution < 1.29 is 80.2 Å². The van der Waals surface area contributed by atoms with Crippen LogP contribution in [0.4, 0.5) is 0 Å². The number of phosphoric ester groups is 2. The van der Waals surface area contributed by atoms with Crippen LogP contribution in [0.5, 0.6) is 0 Å². The lowest BCUT2D eigenvalue weighted by atomic mass is 9.99. The van der Waals surface area contributed by atoms with E-state index in [0.29, 0.717) is 31.6 Å². The van der Waals surface area contributed by atoms with Crippen LogP contribution in [0.25, 0.3) is 0 Å². The molecule has 0 saturated carbocycles. The first-order chi connectivity index (χ1) is 48.1. The van der Waals surface area contributed by atoms with Gasteiger partial charge in [0.25, 0.3) is 0 Å². The number of unbranched alkanes of at least 4 members (excludes halogenated alkanes) is 43. The van der Waals surface area contributed by atoms with Crippen LogP contribution >= 0.6 is 15.6 Å². The molecule has 0 aliphatic rings. The first-order valence-electron chi connectivity index (χ1n) is 41.7. The van der Waals surface area contributed by atoms with Gasteiger partial charge in [-0.1, -0.05) is 364 Å². The topological polar surface area (TPSA) is 237 Å². The van der Waals surface area contributed by atoms with E-state index in [1.54, 1.807) is 0 Å². The summed E-state index contributed by atoms with van der Waals surface area (Å²) in [7, 11) is -9.92. The lowest BCUT2D eigenvalue weighted by molar-refractivity contribution is -0.161. The average molecular weight is 1470 g/mol. The number of esters is 4. The molecule has 100 heavy (non-hydrogen) atoms. The Morgan fingerprint density at radius 1 is 0.280 bits per heavy atom. The Hall–Kier alpha value is -1.94. The fraction of sp³-hybridized carbons (Fsp3) is 0.951. The van der Waals surface area contributed by atoms with Crippen LogP contribution in [0.1, 0.15) is 415 Å². The SMILES string of the molecule is CCC(C)CCCCCCCCCCCCCCCCC(=O)O[C@H](COC(=O)CCCCCCCCCCCCCCCCC(C)C)COP(=O)(O)OCC(O)COP(=O)(O)OC[C@@H](COC(=O)CCCCCCCCCC(C)C)OC(=O)CCCCCCCCCCCCCCC(C)C. The van der Waals surface area contributed by atoms with Gasteiger partial charge in [-0.2, -0.15) is 0 Å². The maximum absolute atomic E-state index is 13.1. The third kappa shape index (κ3) is 73.0. The van der Waals surface area contributed by atoms with Crippen LogP contribution in [-0.2, 0) is 65.4 Å². The highest BCUT2D eigenvalue weighted by molar-refractivity contribution is 7.47. The number of aliphatic hydroxyl groups is 1. The van der Waals surface area contributed by atoms with E-state index in [0.717, 1.165) is 114 Å². The van der Waals surface area contributed by atoms with Gasteiger partial charge in [0, 0.05) is 25.7 Å². The molecule has 3 N–H and O–H groups in total. The number of rotatable bonds is 78. The lowest BCUT2D eigenvalue weighted by Gasteiger charge is -2.21. The van der Waals surface area contributed by atoms with Gasteiger partial charge >= 0.3 is 39.5 Å². The van der Waals surface area contributed by atoms with Crippen LogP contribution in [0.15, 0.2) is 0 Å². The first kappa shape index (κ1) is 98.1. The fourth-order valence-electron chi connectivity index (χ4n) is 12.4. The van der Waals surface area contributed by atoms with E-state index in [1.807, 2.05) is 0 Å². The Morgan fingerprint density at radius 2 is 0.480 bits per heavy atom. The molecule has 0 aromatic rings. The summed E-state index contributed by atoms with van der Waals surface area (Å²) in [6.45, 7) is 14.3. The van der Waals surface area contributed by atoms with Crippen LogP contribution < -0.4 is 0 Å². The molecule has 4 unspecified atom stereocenters. The smallest absolute Gasteiger partial charge is 0.462 e. The molecule has 0 aromatic carbocycles. The lowest BCUT2D eigenvalue weighted by Crippen LogP contribution is -2.30. The van der Waals surface area contributed by atoms with Gasteiger partial charge in [0.05, 0.1) is 26.4 Å². The maximum Gasteiger partial charge on any atom is 0.472 e. The molecule has 6 atom stereocenters. The van der Waals surface area contributed by atoms with Gasteiger partial charge in [0.2, 0.25) is 0 Å². The molecular weight excluding hydrogens is 1310 g/mol. The molecule has 0 radical (unpaired) electrons. The number of hydrogen-bond donors (Lipinski definition) is 3.